The topological polar surface area (TPSA) is 65.7 Å². The number of amides is 1. The van der Waals surface area contributed by atoms with Crippen LogP contribution in [0.5, 0.6) is 0 Å². The average Bonchev–Trinajstić information content (AvgIpc) is 2.92. The van der Waals surface area contributed by atoms with Gasteiger partial charge in [0.05, 0.1) is 12.6 Å². The van der Waals surface area contributed by atoms with Gasteiger partial charge in [0.1, 0.15) is 17.1 Å². The van der Waals surface area contributed by atoms with Crippen molar-refractivity contribution >= 4 is 5.91 Å². The molecule has 1 amide bonds. The number of rotatable bonds is 5. The van der Waals surface area contributed by atoms with E-state index < -0.39 is 5.60 Å². The molecule has 22 heavy (non-hydrogen) atoms. The lowest BCUT2D eigenvalue weighted by Crippen LogP contribution is -2.53. The number of furan rings is 1. The first-order valence-electron chi connectivity index (χ1n) is 8.14. The molecule has 0 radical (unpaired) electrons. The predicted molar refractivity (Wildman–Crippen MR) is 85.5 cm³/mol. The number of carbonyl (C=O) groups excluding carboxylic acids is 1. The summed E-state index contributed by atoms with van der Waals surface area (Å²) < 4.78 is 5.47. The number of piperidine rings is 1. The molecular weight excluding hydrogens is 280 g/mol. The first-order chi connectivity index (χ1) is 10.3. The second kappa shape index (κ2) is 6.84. The van der Waals surface area contributed by atoms with E-state index in [0.717, 1.165) is 31.6 Å². The SMILES string of the molecule is Cc1ccc(C(C)(O)CNC(=O)C2CCCCN2C(C)C)o1. The van der Waals surface area contributed by atoms with Crippen LogP contribution in [0.1, 0.15) is 51.6 Å². The van der Waals surface area contributed by atoms with Crippen molar-refractivity contribution < 1.29 is 14.3 Å². The van der Waals surface area contributed by atoms with Crippen LogP contribution in [-0.2, 0) is 10.4 Å². The van der Waals surface area contributed by atoms with E-state index in [-0.39, 0.29) is 18.5 Å². The fourth-order valence-electron chi connectivity index (χ4n) is 3.04. The van der Waals surface area contributed by atoms with Gasteiger partial charge in [0.2, 0.25) is 5.91 Å². The fraction of sp³-hybridized carbons (Fsp3) is 0.706. The minimum absolute atomic E-state index is 0.00282. The van der Waals surface area contributed by atoms with Crippen LogP contribution in [0.3, 0.4) is 0 Å². The summed E-state index contributed by atoms with van der Waals surface area (Å²) in [6, 6.07) is 3.82. The van der Waals surface area contributed by atoms with E-state index in [2.05, 4.69) is 24.1 Å². The van der Waals surface area contributed by atoms with Crippen LogP contribution >= 0.6 is 0 Å². The summed E-state index contributed by atoms with van der Waals surface area (Å²) in [5.74, 6) is 1.23. The molecule has 0 aromatic carbocycles. The molecule has 124 valence electrons. The summed E-state index contributed by atoms with van der Waals surface area (Å²) in [6.07, 6.45) is 3.10. The largest absolute Gasteiger partial charge is 0.463 e. The minimum atomic E-state index is -1.19. The van der Waals surface area contributed by atoms with Gasteiger partial charge in [-0.1, -0.05) is 6.42 Å². The second-order valence-corrected chi connectivity index (χ2v) is 6.75. The predicted octanol–water partition coefficient (Wildman–Crippen LogP) is 2.17. The van der Waals surface area contributed by atoms with E-state index in [0.29, 0.717) is 11.8 Å². The van der Waals surface area contributed by atoms with E-state index >= 15 is 0 Å². The molecule has 0 saturated carbocycles. The van der Waals surface area contributed by atoms with E-state index in [1.165, 1.54) is 0 Å². The van der Waals surface area contributed by atoms with Gasteiger partial charge in [-0.25, -0.2) is 0 Å². The van der Waals surface area contributed by atoms with E-state index in [1.807, 2.05) is 13.0 Å². The molecule has 1 aromatic heterocycles. The van der Waals surface area contributed by atoms with Crippen LogP contribution in [0, 0.1) is 6.92 Å². The Bertz CT molecular complexity index is 508. The maximum atomic E-state index is 12.5. The third-order valence-electron chi connectivity index (χ3n) is 4.39. The summed E-state index contributed by atoms with van der Waals surface area (Å²) in [4.78, 5) is 14.7. The lowest BCUT2D eigenvalue weighted by atomic mass is 9.98. The number of hydrogen-bond donors (Lipinski definition) is 2. The molecule has 1 aromatic rings. The molecule has 0 aliphatic carbocycles. The van der Waals surface area contributed by atoms with E-state index in [1.54, 1.807) is 13.0 Å². The van der Waals surface area contributed by atoms with Gasteiger partial charge >= 0.3 is 0 Å². The van der Waals surface area contributed by atoms with Crippen LogP contribution in [-0.4, -0.2) is 41.1 Å². The van der Waals surface area contributed by atoms with Crippen molar-refractivity contribution in [2.24, 2.45) is 0 Å². The number of nitrogens with one attached hydrogen (secondary N) is 1. The van der Waals surface area contributed by atoms with E-state index in [4.69, 9.17) is 4.42 Å². The van der Waals surface area contributed by atoms with Gasteiger partial charge in [0.15, 0.2) is 0 Å². The first kappa shape index (κ1) is 17.0. The standard InChI is InChI=1S/C17H28N2O3/c1-12(2)19-10-6-5-7-14(19)16(20)18-11-17(4,21)15-9-8-13(3)22-15/h8-9,12,14,21H,5-7,10-11H2,1-4H3,(H,18,20). The summed E-state index contributed by atoms with van der Waals surface area (Å²) in [7, 11) is 0. The van der Waals surface area contributed by atoms with Crippen LogP contribution < -0.4 is 5.32 Å². The molecule has 2 rings (SSSR count). The molecule has 1 fully saturated rings. The van der Waals surface area contributed by atoms with Crippen molar-refractivity contribution in [3.05, 3.63) is 23.7 Å². The molecule has 1 aliphatic rings. The number of aliphatic hydroxyl groups is 1. The van der Waals surface area contributed by atoms with Gasteiger partial charge in [0, 0.05) is 6.04 Å². The highest BCUT2D eigenvalue weighted by Crippen LogP contribution is 2.23. The molecule has 2 unspecified atom stereocenters. The Morgan fingerprint density at radius 2 is 2.23 bits per heavy atom. The molecule has 2 atom stereocenters. The number of likely N-dealkylation sites (tertiary alicyclic amines) is 1. The maximum absolute atomic E-state index is 12.5. The van der Waals surface area contributed by atoms with Crippen molar-refractivity contribution in [3.8, 4) is 0 Å². The molecule has 1 saturated heterocycles. The summed E-state index contributed by atoms with van der Waals surface area (Å²) in [5, 5.41) is 13.4. The normalized spacial score (nSPS) is 22.5. The van der Waals surface area contributed by atoms with Crippen molar-refractivity contribution in [3.63, 3.8) is 0 Å². The zero-order valence-corrected chi connectivity index (χ0v) is 14.1. The Morgan fingerprint density at radius 1 is 1.50 bits per heavy atom. The highest BCUT2D eigenvalue weighted by Gasteiger charge is 2.33. The van der Waals surface area contributed by atoms with Crippen LogP contribution in [0.15, 0.2) is 16.5 Å². The zero-order valence-electron chi connectivity index (χ0n) is 14.1. The van der Waals surface area contributed by atoms with Crippen LogP contribution in [0.25, 0.3) is 0 Å². The second-order valence-electron chi connectivity index (χ2n) is 6.75. The molecule has 1 aliphatic heterocycles. The van der Waals surface area contributed by atoms with Crippen molar-refractivity contribution in [2.75, 3.05) is 13.1 Å². The third kappa shape index (κ3) is 3.90. The first-order valence-corrected chi connectivity index (χ1v) is 8.14. The molecule has 2 heterocycles. The minimum Gasteiger partial charge on any atom is -0.463 e. The lowest BCUT2D eigenvalue weighted by molar-refractivity contribution is -0.129. The van der Waals surface area contributed by atoms with Gasteiger partial charge in [0.25, 0.3) is 0 Å². The molecule has 5 nitrogen and oxygen atoms in total. The molecule has 2 N–H and O–H groups in total. The van der Waals surface area contributed by atoms with Crippen molar-refractivity contribution in [1.82, 2.24) is 10.2 Å². The Morgan fingerprint density at radius 3 is 2.82 bits per heavy atom. The lowest BCUT2D eigenvalue weighted by Gasteiger charge is -2.38. The van der Waals surface area contributed by atoms with Gasteiger partial charge in [-0.3, -0.25) is 9.69 Å². The molecular formula is C17H28N2O3. The summed E-state index contributed by atoms with van der Waals surface area (Å²) in [5.41, 5.74) is -1.19. The van der Waals surface area contributed by atoms with Crippen molar-refractivity contribution in [2.45, 2.75) is 64.6 Å². The molecule has 0 spiro atoms. The van der Waals surface area contributed by atoms with Gasteiger partial charge < -0.3 is 14.8 Å². The highest BCUT2D eigenvalue weighted by atomic mass is 16.4. The van der Waals surface area contributed by atoms with E-state index in [9.17, 15) is 9.90 Å². The fourth-order valence-corrected chi connectivity index (χ4v) is 3.04. The van der Waals surface area contributed by atoms with Crippen LogP contribution in [0.2, 0.25) is 0 Å². The number of nitrogens with zero attached hydrogens (tertiary/aromatic N) is 1. The summed E-state index contributed by atoms with van der Waals surface area (Å²) in [6.45, 7) is 8.85. The third-order valence-corrected chi connectivity index (χ3v) is 4.39. The summed E-state index contributed by atoms with van der Waals surface area (Å²) >= 11 is 0. The number of carbonyl (C=O) groups is 1. The molecule has 0 bridgehead atoms. The molecule has 5 heteroatoms. The van der Waals surface area contributed by atoms with Gasteiger partial charge in [-0.15, -0.1) is 0 Å². The monoisotopic (exact) mass is 308 g/mol. The Balaban J connectivity index is 1.96. The van der Waals surface area contributed by atoms with Crippen molar-refractivity contribution in [1.29, 1.82) is 0 Å². The highest BCUT2D eigenvalue weighted by molar-refractivity contribution is 5.82. The number of aryl methyl sites for hydroxylation is 1. The quantitative estimate of drug-likeness (QED) is 0.875. The van der Waals surface area contributed by atoms with Gasteiger partial charge in [-0.05, 0) is 59.2 Å². The Kier molecular flexibility index (Phi) is 5.29. The maximum Gasteiger partial charge on any atom is 0.237 e. The van der Waals surface area contributed by atoms with Crippen LogP contribution in [0.4, 0.5) is 0 Å². The van der Waals surface area contributed by atoms with Gasteiger partial charge in [-0.2, -0.15) is 0 Å². The number of hydrogen-bond acceptors (Lipinski definition) is 4. The smallest absolute Gasteiger partial charge is 0.237 e. The Labute approximate surface area is 132 Å². The average molecular weight is 308 g/mol. The zero-order chi connectivity index (χ0) is 16.3. The Hall–Kier alpha value is -1.33.